The standard InChI is InChI=1S/C22H24N2O.ClH/c1-17(7-10-22(25)14-18-5-3-2-4-6-18)24-15-19-8-9-21-16-23-12-11-20(21)13-19;/h2-6,8-9,11-13,16-17,24H,7,10,14-15H2,1H3;1H/t17-;/m1./s1. The van der Waals surface area contributed by atoms with E-state index >= 15 is 0 Å². The van der Waals surface area contributed by atoms with Crippen molar-refractivity contribution in [3.8, 4) is 0 Å². The van der Waals surface area contributed by atoms with Crippen molar-refractivity contribution >= 4 is 29.0 Å². The second-order valence-electron chi connectivity index (χ2n) is 6.58. The van der Waals surface area contributed by atoms with Gasteiger partial charge in [0.2, 0.25) is 0 Å². The van der Waals surface area contributed by atoms with Crippen LogP contribution in [0.2, 0.25) is 0 Å². The van der Waals surface area contributed by atoms with Gasteiger partial charge < -0.3 is 5.32 Å². The molecule has 0 aliphatic heterocycles. The molecule has 1 aromatic heterocycles. The molecular weight excluding hydrogens is 344 g/mol. The number of ketones is 1. The summed E-state index contributed by atoms with van der Waals surface area (Å²) in [4.78, 5) is 16.2. The Hall–Kier alpha value is -2.23. The number of rotatable bonds is 8. The van der Waals surface area contributed by atoms with Gasteiger partial charge in [0, 0.05) is 43.2 Å². The summed E-state index contributed by atoms with van der Waals surface area (Å²) in [5, 5.41) is 5.88. The molecule has 1 heterocycles. The molecule has 0 saturated carbocycles. The topological polar surface area (TPSA) is 42.0 Å². The summed E-state index contributed by atoms with van der Waals surface area (Å²) in [7, 11) is 0. The predicted octanol–water partition coefficient (Wildman–Crippen LogP) is 4.73. The van der Waals surface area contributed by atoms with E-state index in [9.17, 15) is 4.79 Å². The van der Waals surface area contributed by atoms with E-state index in [0.717, 1.165) is 23.9 Å². The van der Waals surface area contributed by atoms with Gasteiger partial charge in [-0.05, 0) is 42.0 Å². The molecule has 3 nitrogen and oxygen atoms in total. The summed E-state index contributed by atoms with van der Waals surface area (Å²) in [6, 6.07) is 18.7. The number of carbonyl (C=O) groups is 1. The van der Waals surface area contributed by atoms with Gasteiger partial charge in [0.05, 0.1) is 0 Å². The molecular formula is C22H25ClN2O. The maximum absolute atomic E-state index is 12.1. The number of nitrogens with zero attached hydrogens (tertiary/aromatic N) is 1. The van der Waals surface area contributed by atoms with Gasteiger partial charge in [-0.3, -0.25) is 9.78 Å². The van der Waals surface area contributed by atoms with Crippen LogP contribution in [0.15, 0.2) is 67.0 Å². The van der Waals surface area contributed by atoms with Crippen LogP contribution in [0.1, 0.15) is 30.9 Å². The first-order valence-corrected chi connectivity index (χ1v) is 8.82. The zero-order valence-corrected chi connectivity index (χ0v) is 15.8. The Balaban J connectivity index is 0.00000243. The number of nitrogens with one attached hydrogen (secondary N) is 1. The largest absolute Gasteiger partial charge is 0.310 e. The van der Waals surface area contributed by atoms with Gasteiger partial charge >= 0.3 is 0 Å². The number of pyridine rings is 1. The average molecular weight is 369 g/mol. The van der Waals surface area contributed by atoms with Gasteiger partial charge in [0.1, 0.15) is 5.78 Å². The van der Waals surface area contributed by atoms with Crippen molar-refractivity contribution in [3.05, 3.63) is 78.1 Å². The minimum absolute atomic E-state index is 0. The van der Waals surface area contributed by atoms with E-state index in [2.05, 4.69) is 35.4 Å². The maximum Gasteiger partial charge on any atom is 0.137 e. The maximum atomic E-state index is 12.1. The molecule has 0 fully saturated rings. The van der Waals surface area contributed by atoms with Crippen LogP contribution in [0.5, 0.6) is 0 Å². The second kappa shape index (κ2) is 10.0. The second-order valence-corrected chi connectivity index (χ2v) is 6.58. The Morgan fingerprint density at radius 1 is 1.04 bits per heavy atom. The van der Waals surface area contributed by atoms with Crippen molar-refractivity contribution < 1.29 is 4.79 Å². The number of fused-ring (bicyclic) bond motifs is 1. The van der Waals surface area contributed by atoms with Gasteiger partial charge in [0.25, 0.3) is 0 Å². The summed E-state index contributed by atoms with van der Waals surface area (Å²) in [6.45, 7) is 2.95. The fourth-order valence-electron chi connectivity index (χ4n) is 2.93. The summed E-state index contributed by atoms with van der Waals surface area (Å²) in [5.41, 5.74) is 2.35. The molecule has 0 unspecified atom stereocenters. The van der Waals surface area contributed by atoms with Crippen molar-refractivity contribution in [1.29, 1.82) is 0 Å². The van der Waals surface area contributed by atoms with E-state index in [1.165, 1.54) is 10.9 Å². The van der Waals surface area contributed by atoms with Crippen LogP contribution in [0.3, 0.4) is 0 Å². The van der Waals surface area contributed by atoms with E-state index < -0.39 is 0 Å². The normalized spacial score (nSPS) is 11.7. The third-order valence-corrected chi connectivity index (χ3v) is 4.46. The molecule has 0 spiro atoms. The quantitative estimate of drug-likeness (QED) is 0.625. The number of hydrogen-bond donors (Lipinski definition) is 1. The lowest BCUT2D eigenvalue weighted by molar-refractivity contribution is -0.118. The van der Waals surface area contributed by atoms with E-state index in [4.69, 9.17) is 0 Å². The number of Topliss-reactive ketones (excluding diaryl/α,β-unsaturated/α-hetero) is 1. The number of hydrogen-bond acceptors (Lipinski definition) is 3. The van der Waals surface area contributed by atoms with Crippen LogP contribution < -0.4 is 5.32 Å². The van der Waals surface area contributed by atoms with Crippen molar-refractivity contribution in [1.82, 2.24) is 10.3 Å². The highest BCUT2D eigenvalue weighted by atomic mass is 35.5. The van der Waals surface area contributed by atoms with E-state index in [1.54, 1.807) is 0 Å². The van der Waals surface area contributed by atoms with Gasteiger partial charge in [-0.25, -0.2) is 0 Å². The minimum atomic E-state index is 0. The zero-order valence-electron chi connectivity index (χ0n) is 15.0. The average Bonchev–Trinajstić information content (AvgIpc) is 2.65. The molecule has 2 aromatic carbocycles. The lowest BCUT2D eigenvalue weighted by atomic mass is 10.0. The molecule has 0 radical (unpaired) electrons. The lowest BCUT2D eigenvalue weighted by Crippen LogP contribution is -2.26. The first kappa shape index (κ1) is 20.1. The smallest absolute Gasteiger partial charge is 0.137 e. The molecule has 1 atom stereocenters. The first-order chi connectivity index (χ1) is 12.2. The van der Waals surface area contributed by atoms with Gasteiger partial charge in [0.15, 0.2) is 0 Å². The van der Waals surface area contributed by atoms with Crippen molar-refractivity contribution in [2.75, 3.05) is 0 Å². The number of aromatic nitrogens is 1. The minimum Gasteiger partial charge on any atom is -0.310 e. The first-order valence-electron chi connectivity index (χ1n) is 8.82. The monoisotopic (exact) mass is 368 g/mol. The molecule has 0 saturated heterocycles. The Kier molecular flexibility index (Phi) is 7.76. The Morgan fingerprint density at radius 3 is 2.65 bits per heavy atom. The van der Waals surface area contributed by atoms with Crippen LogP contribution in [0, 0.1) is 0 Å². The highest BCUT2D eigenvalue weighted by Gasteiger charge is 2.08. The molecule has 0 aliphatic rings. The fraction of sp³-hybridized carbons (Fsp3) is 0.273. The molecule has 3 rings (SSSR count). The highest BCUT2D eigenvalue weighted by Crippen LogP contribution is 2.14. The van der Waals surface area contributed by atoms with Crippen LogP contribution in [0.25, 0.3) is 10.8 Å². The Morgan fingerprint density at radius 2 is 1.85 bits per heavy atom. The third kappa shape index (κ3) is 5.94. The molecule has 0 amide bonds. The molecule has 0 aliphatic carbocycles. The van der Waals surface area contributed by atoms with E-state index in [-0.39, 0.29) is 12.4 Å². The van der Waals surface area contributed by atoms with Gasteiger partial charge in [-0.15, -0.1) is 12.4 Å². The van der Waals surface area contributed by atoms with E-state index in [0.29, 0.717) is 24.7 Å². The SMILES string of the molecule is C[C@H](CCC(=O)Cc1ccccc1)NCc1ccc2cnccc2c1.Cl. The molecule has 26 heavy (non-hydrogen) atoms. The summed E-state index contributed by atoms with van der Waals surface area (Å²) in [6.07, 6.45) is 5.72. The third-order valence-electron chi connectivity index (χ3n) is 4.46. The zero-order chi connectivity index (χ0) is 17.5. The lowest BCUT2D eigenvalue weighted by Gasteiger charge is -2.14. The van der Waals surface area contributed by atoms with Gasteiger partial charge in [-0.2, -0.15) is 0 Å². The molecule has 3 aromatic rings. The van der Waals surface area contributed by atoms with Crippen molar-refractivity contribution in [3.63, 3.8) is 0 Å². The van der Waals surface area contributed by atoms with Crippen molar-refractivity contribution in [2.24, 2.45) is 0 Å². The van der Waals surface area contributed by atoms with Crippen molar-refractivity contribution in [2.45, 2.75) is 38.8 Å². The van der Waals surface area contributed by atoms with Crippen LogP contribution in [-0.4, -0.2) is 16.8 Å². The van der Waals surface area contributed by atoms with E-state index in [1.807, 2.05) is 48.8 Å². The predicted molar refractivity (Wildman–Crippen MR) is 110 cm³/mol. The summed E-state index contributed by atoms with van der Waals surface area (Å²) in [5.74, 6) is 0.304. The van der Waals surface area contributed by atoms with Crippen LogP contribution >= 0.6 is 12.4 Å². The van der Waals surface area contributed by atoms with Gasteiger partial charge in [-0.1, -0.05) is 42.5 Å². The highest BCUT2D eigenvalue weighted by molar-refractivity contribution is 5.85. The summed E-state index contributed by atoms with van der Waals surface area (Å²) < 4.78 is 0. The number of benzene rings is 2. The Bertz CT molecular complexity index is 836. The Labute approximate surface area is 161 Å². The fourth-order valence-corrected chi connectivity index (χ4v) is 2.93. The summed E-state index contributed by atoms with van der Waals surface area (Å²) >= 11 is 0. The molecule has 1 N–H and O–H groups in total. The number of carbonyl (C=O) groups excluding carboxylic acids is 1. The molecule has 4 heteroatoms. The molecule has 0 bridgehead atoms. The van der Waals surface area contributed by atoms with Crippen LogP contribution in [0.4, 0.5) is 0 Å². The molecule has 136 valence electrons. The number of halogens is 1. The van der Waals surface area contributed by atoms with Crippen LogP contribution in [-0.2, 0) is 17.8 Å².